The largest absolute Gasteiger partial charge is 0.444 e. The third kappa shape index (κ3) is 6.06. The number of rotatable bonds is 6. The fourth-order valence-corrected chi connectivity index (χ4v) is 1.61. The molecular formula is C14H26N4O2. The second-order valence-corrected chi connectivity index (χ2v) is 5.83. The molecule has 1 heterocycles. The molecule has 0 saturated heterocycles. The Balaban J connectivity index is 2.45. The lowest BCUT2D eigenvalue weighted by molar-refractivity contribution is 0.0522. The second kappa shape index (κ2) is 7.28. The number of amides is 1. The van der Waals surface area contributed by atoms with Crippen LogP contribution in [0.25, 0.3) is 0 Å². The van der Waals surface area contributed by atoms with Gasteiger partial charge in [0.1, 0.15) is 5.60 Å². The quantitative estimate of drug-likeness (QED) is 0.865. The monoisotopic (exact) mass is 282 g/mol. The number of imidazole rings is 1. The predicted octanol–water partition coefficient (Wildman–Crippen LogP) is 1.86. The number of aromatic nitrogens is 2. The van der Waals surface area contributed by atoms with Crippen molar-refractivity contribution in [2.75, 3.05) is 20.1 Å². The highest BCUT2D eigenvalue weighted by atomic mass is 16.6. The summed E-state index contributed by atoms with van der Waals surface area (Å²) in [5, 5.41) is 2.75. The van der Waals surface area contributed by atoms with E-state index in [0.29, 0.717) is 6.54 Å². The first-order valence-corrected chi connectivity index (χ1v) is 6.96. The normalized spacial score (nSPS) is 11.7. The zero-order valence-corrected chi connectivity index (χ0v) is 13.1. The maximum absolute atomic E-state index is 11.6. The zero-order valence-electron chi connectivity index (χ0n) is 13.1. The van der Waals surface area contributed by atoms with Crippen LogP contribution in [0.15, 0.2) is 12.5 Å². The van der Waals surface area contributed by atoms with Gasteiger partial charge in [0, 0.05) is 19.3 Å². The zero-order chi connectivity index (χ0) is 15.2. The van der Waals surface area contributed by atoms with Crippen LogP contribution in [0.1, 0.15) is 33.4 Å². The highest BCUT2D eigenvalue weighted by molar-refractivity contribution is 5.67. The molecule has 1 rings (SSSR count). The van der Waals surface area contributed by atoms with Crippen LogP contribution in [0.5, 0.6) is 0 Å². The van der Waals surface area contributed by atoms with Crippen LogP contribution in [0.2, 0.25) is 0 Å². The van der Waals surface area contributed by atoms with Crippen molar-refractivity contribution in [2.24, 2.45) is 0 Å². The summed E-state index contributed by atoms with van der Waals surface area (Å²) in [6, 6.07) is 0. The molecule has 6 nitrogen and oxygen atoms in total. The van der Waals surface area contributed by atoms with Gasteiger partial charge in [-0.2, -0.15) is 0 Å². The van der Waals surface area contributed by atoms with Crippen LogP contribution in [-0.4, -0.2) is 46.3 Å². The Bertz CT molecular complexity index is 423. The van der Waals surface area contributed by atoms with E-state index in [2.05, 4.69) is 29.2 Å². The van der Waals surface area contributed by atoms with Gasteiger partial charge >= 0.3 is 6.09 Å². The minimum atomic E-state index is -0.478. The van der Waals surface area contributed by atoms with Crippen LogP contribution in [0.4, 0.5) is 4.79 Å². The minimum absolute atomic E-state index is 0.407. The molecule has 0 radical (unpaired) electrons. The first kappa shape index (κ1) is 16.5. The summed E-state index contributed by atoms with van der Waals surface area (Å²) >= 11 is 0. The van der Waals surface area contributed by atoms with Gasteiger partial charge in [-0.1, -0.05) is 6.92 Å². The summed E-state index contributed by atoms with van der Waals surface area (Å²) in [7, 11) is 2.08. The van der Waals surface area contributed by atoms with Gasteiger partial charge in [-0.3, -0.25) is 0 Å². The molecule has 0 spiro atoms. The molecule has 1 aromatic rings. The minimum Gasteiger partial charge on any atom is -0.444 e. The Labute approximate surface area is 121 Å². The van der Waals surface area contributed by atoms with Gasteiger partial charge in [-0.05, 0) is 34.4 Å². The van der Waals surface area contributed by atoms with Crippen LogP contribution >= 0.6 is 0 Å². The van der Waals surface area contributed by atoms with Crippen molar-refractivity contribution in [3.05, 3.63) is 18.2 Å². The van der Waals surface area contributed by atoms with Crippen molar-refractivity contribution < 1.29 is 9.53 Å². The summed E-state index contributed by atoms with van der Waals surface area (Å²) < 4.78 is 7.25. The third-order valence-electron chi connectivity index (χ3n) is 2.87. The van der Waals surface area contributed by atoms with Crippen molar-refractivity contribution in [1.29, 1.82) is 0 Å². The highest BCUT2D eigenvalue weighted by Crippen LogP contribution is 2.07. The number of nitrogens with one attached hydrogen (secondary N) is 1. The Morgan fingerprint density at radius 2 is 2.20 bits per heavy atom. The van der Waals surface area contributed by atoms with Gasteiger partial charge in [-0.25, -0.2) is 9.78 Å². The van der Waals surface area contributed by atoms with E-state index in [-0.39, 0.29) is 0 Å². The van der Waals surface area contributed by atoms with Crippen LogP contribution in [-0.2, 0) is 17.8 Å². The highest BCUT2D eigenvalue weighted by Gasteiger charge is 2.16. The van der Waals surface area contributed by atoms with Crippen molar-refractivity contribution in [2.45, 2.75) is 46.4 Å². The maximum atomic E-state index is 11.6. The predicted molar refractivity (Wildman–Crippen MR) is 78.5 cm³/mol. The van der Waals surface area contributed by atoms with Gasteiger partial charge in [-0.15, -0.1) is 0 Å². The first-order chi connectivity index (χ1) is 9.31. The molecule has 0 atom stereocenters. The van der Waals surface area contributed by atoms with Crippen molar-refractivity contribution in [3.63, 3.8) is 0 Å². The molecule has 1 amide bonds. The molecular weight excluding hydrogens is 256 g/mol. The lowest BCUT2D eigenvalue weighted by Crippen LogP contribution is -2.32. The Morgan fingerprint density at radius 3 is 2.80 bits per heavy atom. The van der Waals surface area contributed by atoms with Gasteiger partial charge in [0.2, 0.25) is 0 Å². The number of alkyl carbamates (subject to hydrolysis) is 1. The van der Waals surface area contributed by atoms with Crippen LogP contribution in [0.3, 0.4) is 0 Å². The van der Waals surface area contributed by atoms with Crippen molar-refractivity contribution in [3.8, 4) is 0 Å². The fraction of sp³-hybridized carbons (Fsp3) is 0.714. The lowest BCUT2D eigenvalue weighted by Gasteiger charge is -2.20. The van der Waals surface area contributed by atoms with Crippen LogP contribution in [0, 0.1) is 0 Å². The molecule has 0 aliphatic rings. The van der Waals surface area contributed by atoms with Gasteiger partial charge in [0.05, 0.1) is 18.6 Å². The van der Waals surface area contributed by atoms with E-state index in [1.54, 1.807) is 12.5 Å². The lowest BCUT2D eigenvalue weighted by atomic mass is 10.2. The topological polar surface area (TPSA) is 59.4 Å². The molecule has 0 fully saturated rings. The van der Waals surface area contributed by atoms with Crippen LogP contribution < -0.4 is 5.32 Å². The molecule has 6 heteroatoms. The Morgan fingerprint density at radius 1 is 1.50 bits per heavy atom. The van der Waals surface area contributed by atoms with E-state index >= 15 is 0 Å². The molecule has 0 aliphatic carbocycles. The van der Waals surface area contributed by atoms with E-state index < -0.39 is 11.7 Å². The summed E-state index contributed by atoms with van der Waals surface area (Å²) in [6.07, 6.45) is 3.15. The Kier molecular flexibility index (Phi) is 6.01. The van der Waals surface area contributed by atoms with E-state index in [9.17, 15) is 4.79 Å². The van der Waals surface area contributed by atoms with Gasteiger partial charge in [0.15, 0.2) is 0 Å². The summed E-state index contributed by atoms with van der Waals surface area (Å²) in [5.41, 5.74) is 0.495. The Hall–Kier alpha value is -1.56. The number of carbonyl (C=O) groups excluding carboxylic acids is 1. The second-order valence-electron chi connectivity index (χ2n) is 5.83. The van der Waals surface area contributed by atoms with E-state index in [1.165, 1.54) is 0 Å². The fourth-order valence-electron chi connectivity index (χ4n) is 1.61. The number of hydrogen-bond acceptors (Lipinski definition) is 4. The standard InChI is InChI=1S/C14H26N4O2/c1-6-17(5)7-8-18-11-15-9-12(18)10-16-13(19)20-14(2,3)4/h9,11H,6-8,10H2,1-5H3,(H,16,19). The molecule has 1 N–H and O–H groups in total. The summed E-state index contributed by atoms with van der Waals surface area (Å²) in [4.78, 5) is 18.0. The summed E-state index contributed by atoms with van der Waals surface area (Å²) in [5.74, 6) is 0. The van der Waals surface area contributed by atoms with E-state index in [0.717, 1.165) is 25.3 Å². The number of nitrogens with zero attached hydrogens (tertiary/aromatic N) is 3. The molecule has 0 saturated carbocycles. The van der Waals surface area contributed by atoms with Gasteiger partial charge in [0.25, 0.3) is 0 Å². The average molecular weight is 282 g/mol. The number of ether oxygens (including phenoxy) is 1. The van der Waals surface area contributed by atoms with E-state index in [1.807, 2.05) is 25.3 Å². The smallest absolute Gasteiger partial charge is 0.407 e. The third-order valence-corrected chi connectivity index (χ3v) is 2.87. The number of hydrogen-bond donors (Lipinski definition) is 1. The van der Waals surface area contributed by atoms with E-state index in [4.69, 9.17) is 4.74 Å². The number of likely N-dealkylation sites (N-methyl/N-ethyl adjacent to an activating group) is 1. The first-order valence-electron chi connectivity index (χ1n) is 6.96. The van der Waals surface area contributed by atoms with Gasteiger partial charge < -0.3 is 19.5 Å². The molecule has 114 valence electrons. The molecule has 0 aliphatic heterocycles. The van der Waals surface area contributed by atoms with Crippen molar-refractivity contribution >= 4 is 6.09 Å². The molecule has 0 aromatic carbocycles. The molecule has 20 heavy (non-hydrogen) atoms. The summed E-state index contributed by atoms with van der Waals surface area (Å²) in [6.45, 7) is 10.9. The van der Waals surface area contributed by atoms with Crippen molar-refractivity contribution in [1.82, 2.24) is 19.8 Å². The SMILES string of the molecule is CCN(C)CCn1cncc1CNC(=O)OC(C)(C)C. The molecule has 1 aromatic heterocycles. The average Bonchev–Trinajstić information content (AvgIpc) is 2.78. The maximum Gasteiger partial charge on any atom is 0.407 e. The number of carbonyl (C=O) groups is 1. The molecule has 0 bridgehead atoms. The molecule has 0 unspecified atom stereocenters.